The fraction of sp³-hybridized carbons (Fsp3) is 0.514. The van der Waals surface area contributed by atoms with Crippen molar-refractivity contribution in [3.05, 3.63) is 105 Å². The second kappa shape index (κ2) is 21.4. The van der Waals surface area contributed by atoms with Crippen LogP contribution in [0.3, 0.4) is 0 Å². The molecule has 0 heterocycles. The second-order valence-corrected chi connectivity index (χ2v) is 9.55. The van der Waals surface area contributed by atoms with Crippen LogP contribution in [-0.4, -0.2) is 0 Å². The Morgan fingerprint density at radius 3 is 0.895 bits per heavy atom. The number of rotatable bonds is 17. The van der Waals surface area contributed by atoms with E-state index >= 15 is 0 Å². The lowest BCUT2D eigenvalue weighted by atomic mass is 9.79. The minimum atomic E-state index is 0.880. The molecule has 0 aromatic carbocycles. The van der Waals surface area contributed by atoms with Gasteiger partial charge in [-0.2, -0.15) is 0 Å². The summed E-state index contributed by atoms with van der Waals surface area (Å²) in [4.78, 5) is 0. The summed E-state index contributed by atoms with van der Waals surface area (Å²) in [6.07, 6.45) is 30.1. The van der Waals surface area contributed by atoms with Crippen LogP contribution < -0.4 is 5.73 Å². The van der Waals surface area contributed by atoms with Crippen LogP contribution >= 0.6 is 0 Å². The molecule has 0 unspecified atom stereocenters. The van der Waals surface area contributed by atoms with Gasteiger partial charge in [0.1, 0.15) is 0 Å². The van der Waals surface area contributed by atoms with Crippen molar-refractivity contribution in [2.45, 2.75) is 127 Å². The Balaban J connectivity index is 7.66. The Hall–Kier alpha value is -2.54. The number of nitrogens with two attached hydrogens (primary N) is 1. The lowest BCUT2D eigenvalue weighted by Gasteiger charge is -2.25. The van der Waals surface area contributed by atoms with Crippen molar-refractivity contribution in [1.29, 1.82) is 0 Å². The smallest absolute Gasteiger partial charge is 0.0349 e. The molecule has 1 nitrogen and oxygen atoms in total. The standard InChI is InChI=1S/C37H59N/c1-11-20-29(10)30(21-12-2)31(22-13-3)32(23-14-4)33(24-15-5)34(25-16-6)35(26-17-7)36(27-18-8)37(38)28-19-9/h20-28H,11-19,38H2,1-10H3. The predicted molar refractivity (Wildman–Crippen MR) is 175 cm³/mol. The van der Waals surface area contributed by atoms with Gasteiger partial charge in [-0.05, 0) is 104 Å². The molecule has 0 saturated carbocycles. The highest BCUT2D eigenvalue weighted by atomic mass is 14.6. The highest BCUT2D eigenvalue weighted by molar-refractivity contribution is 5.72. The van der Waals surface area contributed by atoms with E-state index in [0.717, 1.165) is 63.5 Å². The van der Waals surface area contributed by atoms with Gasteiger partial charge < -0.3 is 5.73 Å². The second-order valence-electron chi connectivity index (χ2n) is 9.55. The molecular formula is C37H59N. The lowest BCUT2D eigenvalue weighted by molar-refractivity contribution is 1.08. The first-order valence-electron chi connectivity index (χ1n) is 15.4. The van der Waals surface area contributed by atoms with Crippen molar-refractivity contribution in [3.8, 4) is 0 Å². The number of allylic oxidation sites excluding steroid dienone is 16. The van der Waals surface area contributed by atoms with Gasteiger partial charge >= 0.3 is 0 Å². The molecule has 0 fully saturated rings. The Kier molecular flexibility index (Phi) is 20.0. The zero-order valence-electron chi connectivity index (χ0n) is 26.6. The zero-order chi connectivity index (χ0) is 28.9. The van der Waals surface area contributed by atoms with Crippen LogP contribution in [0.1, 0.15) is 127 Å². The van der Waals surface area contributed by atoms with Gasteiger partial charge in [0.2, 0.25) is 0 Å². The summed E-state index contributed by atoms with van der Waals surface area (Å²) in [6.45, 7) is 22.3. The quantitative estimate of drug-likeness (QED) is 0.191. The van der Waals surface area contributed by atoms with E-state index in [-0.39, 0.29) is 0 Å². The van der Waals surface area contributed by atoms with E-state index in [0.29, 0.717) is 0 Å². The van der Waals surface area contributed by atoms with Gasteiger partial charge in [0.05, 0.1) is 0 Å². The molecule has 0 aliphatic carbocycles. The van der Waals surface area contributed by atoms with Crippen LogP contribution in [0.2, 0.25) is 0 Å². The van der Waals surface area contributed by atoms with Gasteiger partial charge in [0.15, 0.2) is 0 Å². The van der Waals surface area contributed by atoms with Crippen LogP contribution in [0, 0.1) is 0 Å². The average molecular weight is 518 g/mol. The largest absolute Gasteiger partial charge is 0.398 e. The number of hydrogen-bond acceptors (Lipinski definition) is 1. The maximum atomic E-state index is 6.72. The molecule has 1 heteroatoms. The molecule has 0 rings (SSSR count). The van der Waals surface area contributed by atoms with E-state index in [1.807, 2.05) is 0 Å². The monoisotopic (exact) mass is 517 g/mol. The maximum absolute atomic E-state index is 6.72. The van der Waals surface area contributed by atoms with E-state index in [4.69, 9.17) is 5.73 Å². The molecular weight excluding hydrogens is 458 g/mol. The van der Waals surface area contributed by atoms with E-state index in [1.54, 1.807) is 0 Å². The van der Waals surface area contributed by atoms with E-state index < -0.39 is 0 Å². The Morgan fingerprint density at radius 1 is 0.342 bits per heavy atom. The first kappa shape index (κ1) is 35.5. The van der Waals surface area contributed by atoms with Crippen LogP contribution in [0.4, 0.5) is 0 Å². The van der Waals surface area contributed by atoms with Crippen molar-refractivity contribution in [2.75, 3.05) is 0 Å². The number of hydrogen-bond donors (Lipinski definition) is 1. The normalized spacial score (nSPS) is 16.0. The molecule has 0 amide bonds. The summed E-state index contributed by atoms with van der Waals surface area (Å²) in [5.74, 6) is 0. The molecule has 0 aliphatic rings. The SMILES string of the molecule is CCC=C(C)C(=CCC)C(=CCC)C(=CCC)C(=CCC)C(=CCC)C(=CCC)C(=CCC)C(N)=CCC. The van der Waals surface area contributed by atoms with E-state index in [1.165, 1.54) is 44.6 Å². The predicted octanol–water partition coefficient (Wildman–Crippen LogP) is 12.0. The van der Waals surface area contributed by atoms with Gasteiger partial charge in [-0.3, -0.25) is 0 Å². The van der Waals surface area contributed by atoms with Gasteiger partial charge in [0, 0.05) is 11.3 Å². The van der Waals surface area contributed by atoms with E-state index in [9.17, 15) is 0 Å². The van der Waals surface area contributed by atoms with Gasteiger partial charge in [-0.15, -0.1) is 0 Å². The first-order chi connectivity index (χ1) is 18.4. The Labute approximate surface area is 237 Å². The van der Waals surface area contributed by atoms with Gasteiger partial charge in [0.25, 0.3) is 0 Å². The van der Waals surface area contributed by atoms with Crippen molar-refractivity contribution in [3.63, 3.8) is 0 Å². The Morgan fingerprint density at radius 2 is 0.579 bits per heavy atom. The summed E-state index contributed by atoms with van der Waals surface area (Å²) in [5.41, 5.74) is 18.1. The molecule has 0 radical (unpaired) electrons. The highest BCUT2D eigenvalue weighted by Gasteiger charge is 2.22. The van der Waals surface area contributed by atoms with Crippen molar-refractivity contribution >= 4 is 0 Å². The van der Waals surface area contributed by atoms with Crippen LogP contribution in [0.5, 0.6) is 0 Å². The summed E-state index contributed by atoms with van der Waals surface area (Å²) in [5, 5.41) is 0. The maximum Gasteiger partial charge on any atom is 0.0349 e. The molecule has 0 aliphatic heterocycles. The molecule has 38 heavy (non-hydrogen) atoms. The molecule has 0 atom stereocenters. The van der Waals surface area contributed by atoms with Crippen molar-refractivity contribution in [1.82, 2.24) is 0 Å². The minimum Gasteiger partial charge on any atom is -0.398 e. The zero-order valence-corrected chi connectivity index (χ0v) is 26.6. The topological polar surface area (TPSA) is 26.0 Å². The summed E-state index contributed by atoms with van der Waals surface area (Å²) < 4.78 is 0. The first-order valence-corrected chi connectivity index (χ1v) is 15.4. The highest BCUT2D eigenvalue weighted by Crippen LogP contribution is 2.40. The van der Waals surface area contributed by atoms with Crippen molar-refractivity contribution in [2.24, 2.45) is 5.73 Å². The minimum absolute atomic E-state index is 0.880. The molecule has 0 aromatic heterocycles. The van der Waals surface area contributed by atoms with Gasteiger partial charge in [-0.25, -0.2) is 0 Å². The lowest BCUT2D eigenvalue weighted by Crippen LogP contribution is -2.10. The molecule has 0 bridgehead atoms. The fourth-order valence-corrected chi connectivity index (χ4v) is 4.87. The summed E-state index contributed by atoms with van der Waals surface area (Å²) >= 11 is 0. The fourth-order valence-electron chi connectivity index (χ4n) is 4.87. The molecule has 0 saturated heterocycles. The van der Waals surface area contributed by atoms with Crippen LogP contribution in [0.15, 0.2) is 105 Å². The molecule has 2 N–H and O–H groups in total. The summed E-state index contributed by atoms with van der Waals surface area (Å²) in [7, 11) is 0. The van der Waals surface area contributed by atoms with Crippen LogP contribution in [-0.2, 0) is 0 Å². The Bertz CT molecular complexity index is 904. The molecule has 0 aromatic rings. The van der Waals surface area contributed by atoms with Crippen LogP contribution in [0.25, 0.3) is 0 Å². The third kappa shape index (κ3) is 11.1. The van der Waals surface area contributed by atoms with Gasteiger partial charge in [-0.1, -0.05) is 117 Å². The third-order valence-electron chi connectivity index (χ3n) is 6.27. The third-order valence-corrected chi connectivity index (χ3v) is 6.27. The summed E-state index contributed by atoms with van der Waals surface area (Å²) in [6, 6.07) is 0. The van der Waals surface area contributed by atoms with Crippen molar-refractivity contribution < 1.29 is 0 Å². The molecule has 0 spiro atoms. The van der Waals surface area contributed by atoms with E-state index in [2.05, 4.69) is 124 Å². The molecule has 212 valence electrons. The average Bonchev–Trinajstić information content (AvgIpc) is 2.89.